The number of aryl methyl sites for hydroxylation is 1. The molecule has 2 rings (SSSR count). The fraction of sp³-hybridized carbons (Fsp3) is 0.312. The molecule has 0 bridgehead atoms. The Bertz CT molecular complexity index is 745. The van der Waals surface area contributed by atoms with Crippen LogP contribution in [0.5, 0.6) is 0 Å². The number of likely N-dealkylation sites (N-methyl/N-ethyl adjacent to an activating group) is 1. The number of hydrogen-bond acceptors (Lipinski definition) is 3. The van der Waals surface area contributed by atoms with Gasteiger partial charge in [-0.05, 0) is 25.1 Å². The maximum atomic E-state index is 12.2. The second-order valence-electron chi connectivity index (χ2n) is 5.19. The highest BCUT2D eigenvalue weighted by Gasteiger charge is 2.15. The topological polar surface area (TPSA) is 67.2 Å². The third-order valence-corrected chi connectivity index (χ3v) is 4.08. The fourth-order valence-corrected chi connectivity index (χ4v) is 2.51. The zero-order valence-corrected chi connectivity index (χ0v) is 14.9. The third-order valence-electron chi connectivity index (χ3n) is 3.52. The van der Waals surface area contributed by atoms with E-state index in [1.165, 1.54) is 17.0 Å². The van der Waals surface area contributed by atoms with Gasteiger partial charge in [-0.1, -0.05) is 23.2 Å². The second-order valence-corrected chi connectivity index (χ2v) is 6.03. The van der Waals surface area contributed by atoms with Crippen LogP contribution in [0.2, 0.25) is 10.0 Å². The molecule has 128 valence electrons. The van der Waals surface area contributed by atoms with Gasteiger partial charge >= 0.3 is 0 Å². The molecule has 0 saturated heterocycles. The minimum Gasteiger partial charge on any atom is -0.343 e. The quantitative estimate of drug-likeness (QED) is 0.851. The van der Waals surface area contributed by atoms with Gasteiger partial charge in [0.15, 0.2) is 0 Å². The Kier molecular flexibility index (Phi) is 6.23. The van der Waals surface area contributed by atoms with Gasteiger partial charge in [0.2, 0.25) is 5.91 Å². The lowest BCUT2D eigenvalue weighted by atomic mass is 10.2. The lowest BCUT2D eigenvalue weighted by molar-refractivity contribution is -0.129. The summed E-state index contributed by atoms with van der Waals surface area (Å²) in [4.78, 5) is 30.0. The molecule has 1 N–H and O–H groups in total. The first kappa shape index (κ1) is 18.3. The normalized spacial score (nSPS) is 10.5. The van der Waals surface area contributed by atoms with Crippen molar-refractivity contribution in [2.45, 2.75) is 20.0 Å². The van der Waals surface area contributed by atoms with Crippen LogP contribution in [0.3, 0.4) is 0 Å². The Balaban J connectivity index is 1.92. The first-order valence-corrected chi connectivity index (χ1v) is 8.15. The lowest BCUT2D eigenvalue weighted by Gasteiger charge is -2.18. The van der Waals surface area contributed by atoms with Crippen LogP contribution in [0.15, 0.2) is 30.6 Å². The van der Waals surface area contributed by atoms with Crippen LogP contribution in [-0.2, 0) is 17.9 Å². The molecule has 0 spiro atoms. The molecular formula is C16H18Cl2N4O2. The van der Waals surface area contributed by atoms with E-state index in [1.807, 2.05) is 17.7 Å². The number of nitrogens with one attached hydrogen (secondary N) is 1. The van der Waals surface area contributed by atoms with Crippen molar-refractivity contribution in [1.29, 1.82) is 0 Å². The van der Waals surface area contributed by atoms with Crippen molar-refractivity contribution in [2.75, 3.05) is 13.6 Å². The molecule has 0 aliphatic heterocycles. The first-order chi connectivity index (χ1) is 11.4. The van der Waals surface area contributed by atoms with Gasteiger partial charge in [-0.2, -0.15) is 0 Å². The molecule has 0 fully saturated rings. The van der Waals surface area contributed by atoms with Crippen molar-refractivity contribution < 1.29 is 9.59 Å². The Morgan fingerprint density at radius 2 is 2.08 bits per heavy atom. The number of hydrogen-bond donors (Lipinski definition) is 1. The van der Waals surface area contributed by atoms with Gasteiger partial charge in [0.1, 0.15) is 5.82 Å². The molecule has 0 aliphatic carbocycles. The van der Waals surface area contributed by atoms with Crippen molar-refractivity contribution >= 4 is 35.0 Å². The molecule has 1 aromatic carbocycles. The number of nitrogens with zero attached hydrogens (tertiary/aromatic N) is 3. The first-order valence-electron chi connectivity index (χ1n) is 7.39. The number of aromatic nitrogens is 2. The smallest absolute Gasteiger partial charge is 0.253 e. The largest absolute Gasteiger partial charge is 0.343 e. The number of amides is 2. The number of carbonyl (C=O) groups is 2. The van der Waals surface area contributed by atoms with Crippen LogP contribution < -0.4 is 5.32 Å². The molecule has 24 heavy (non-hydrogen) atoms. The van der Waals surface area contributed by atoms with E-state index in [2.05, 4.69) is 10.3 Å². The van der Waals surface area contributed by atoms with E-state index >= 15 is 0 Å². The molecule has 6 nitrogen and oxygen atoms in total. The molecule has 0 saturated carbocycles. The molecule has 0 unspecified atom stereocenters. The van der Waals surface area contributed by atoms with Crippen molar-refractivity contribution in [2.24, 2.45) is 0 Å². The standard InChI is InChI=1S/C16H18Cl2N4O2/c1-3-22-7-6-19-14(22)10-21(2)15(23)9-20-16(24)12-8-11(17)4-5-13(12)18/h4-8H,3,9-10H2,1-2H3,(H,20,24). The van der Waals surface area contributed by atoms with E-state index in [0.29, 0.717) is 11.6 Å². The summed E-state index contributed by atoms with van der Waals surface area (Å²) < 4.78 is 1.95. The summed E-state index contributed by atoms with van der Waals surface area (Å²) in [6.07, 6.45) is 3.55. The number of imidazole rings is 1. The minimum absolute atomic E-state index is 0.134. The van der Waals surface area contributed by atoms with Crippen molar-refractivity contribution in [3.63, 3.8) is 0 Å². The summed E-state index contributed by atoms with van der Waals surface area (Å²) in [6.45, 7) is 3.02. The van der Waals surface area contributed by atoms with Gasteiger partial charge in [-0.15, -0.1) is 0 Å². The maximum Gasteiger partial charge on any atom is 0.253 e. The molecule has 1 aromatic heterocycles. The zero-order chi connectivity index (χ0) is 17.7. The second kappa shape index (κ2) is 8.17. The summed E-state index contributed by atoms with van der Waals surface area (Å²) in [5.74, 6) is 0.115. The average Bonchev–Trinajstić information content (AvgIpc) is 3.01. The average molecular weight is 369 g/mol. The summed E-state index contributed by atoms with van der Waals surface area (Å²) in [5.41, 5.74) is 0.237. The lowest BCUT2D eigenvalue weighted by Crippen LogP contribution is -2.38. The highest BCUT2D eigenvalue weighted by molar-refractivity contribution is 6.35. The molecular weight excluding hydrogens is 351 g/mol. The Morgan fingerprint density at radius 3 is 2.79 bits per heavy atom. The zero-order valence-electron chi connectivity index (χ0n) is 13.4. The molecule has 1 heterocycles. The van der Waals surface area contributed by atoms with Crippen molar-refractivity contribution in [1.82, 2.24) is 19.8 Å². The van der Waals surface area contributed by atoms with Crippen molar-refractivity contribution in [3.05, 3.63) is 52.0 Å². The number of halogens is 2. The fourth-order valence-electron chi connectivity index (χ4n) is 2.14. The van der Waals surface area contributed by atoms with Crippen LogP contribution in [0.25, 0.3) is 0 Å². The van der Waals surface area contributed by atoms with Crippen LogP contribution in [0.4, 0.5) is 0 Å². The van der Waals surface area contributed by atoms with Crippen LogP contribution in [-0.4, -0.2) is 39.9 Å². The van der Waals surface area contributed by atoms with Gasteiger partial charge in [0, 0.05) is 31.0 Å². The number of benzene rings is 1. The minimum atomic E-state index is -0.445. The summed E-state index contributed by atoms with van der Waals surface area (Å²) >= 11 is 11.8. The van der Waals surface area contributed by atoms with Gasteiger partial charge < -0.3 is 14.8 Å². The molecule has 0 radical (unpaired) electrons. The van der Waals surface area contributed by atoms with Crippen molar-refractivity contribution in [3.8, 4) is 0 Å². The summed E-state index contributed by atoms with van der Waals surface area (Å²) in [6, 6.07) is 4.60. The van der Waals surface area contributed by atoms with E-state index in [1.54, 1.807) is 19.3 Å². The van der Waals surface area contributed by atoms with E-state index in [9.17, 15) is 9.59 Å². The summed E-state index contributed by atoms with van der Waals surface area (Å²) in [5, 5.41) is 3.24. The van der Waals surface area contributed by atoms with Crippen LogP contribution in [0.1, 0.15) is 23.1 Å². The molecule has 0 aliphatic rings. The number of rotatable bonds is 6. The molecule has 2 aromatic rings. The molecule has 8 heteroatoms. The Morgan fingerprint density at radius 1 is 1.33 bits per heavy atom. The number of carbonyl (C=O) groups excluding carboxylic acids is 2. The third kappa shape index (κ3) is 4.49. The molecule has 2 amide bonds. The Labute approximate surface area is 150 Å². The predicted octanol–water partition coefficient (Wildman–Crippen LogP) is 2.60. The van der Waals surface area contributed by atoms with E-state index in [0.717, 1.165) is 12.4 Å². The van der Waals surface area contributed by atoms with Gasteiger partial charge in [-0.25, -0.2) is 4.98 Å². The summed E-state index contributed by atoms with van der Waals surface area (Å²) in [7, 11) is 1.66. The van der Waals surface area contributed by atoms with Crippen LogP contribution >= 0.6 is 23.2 Å². The predicted molar refractivity (Wildman–Crippen MR) is 93.2 cm³/mol. The van der Waals surface area contributed by atoms with E-state index in [4.69, 9.17) is 23.2 Å². The molecule has 0 atom stereocenters. The van der Waals surface area contributed by atoms with Gasteiger partial charge in [0.05, 0.1) is 23.7 Å². The maximum absolute atomic E-state index is 12.2. The highest BCUT2D eigenvalue weighted by atomic mass is 35.5. The van der Waals surface area contributed by atoms with Gasteiger partial charge in [-0.3, -0.25) is 9.59 Å². The Hall–Kier alpha value is -2.05. The van der Waals surface area contributed by atoms with E-state index < -0.39 is 5.91 Å². The van der Waals surface area contributed by atoms with Crippen LogP contribution in [0, 0.1) is 0 Å². The monoisotopic (exact) mass is 368 g/mol. The van der Waals surface area contributed by atoms with E-state index in [-0.39, 0.29) is 23.0 Å². The van der Waals surface area contributed by atoms with Gasteiger partial charge in [0.25, 0.3) is 5.91 Å². The SMILES string of the molecule is CCn1ccnc1CN(C)C(=O)CNC(=O)c1cc(Cl)ccc1Cl. The highest BCUT2D eigenvalue weighted by Crippen LogP contribution is 2.20.